The lowest BCUT2D eigenvalue weighted by Gasteiger charge is -2.29. The largest absolute Gasteiger partial charge is 0.416 e. The zero-order valence-electron chi connectivity index (χ0n) is 15.1. The zero-order chi connectivity index (χ0) is 20.4. The third-order valence-corrected chi connectivity index (χ3v) is 5.50. The molecule has 2 heterocycles. The van der Waals surface area contributed by atoms with Crippen molar-refractivity contribution < 1.29 is 18.0 Å². The van der Waals surface area contributed by atoms with Crippen molar-refractivity contribution in [1.82, 2.24) is 20.2 Å². The van der Waals surface area contributed by atoms with E-state index in [1.54, 1.807) is 4.90 Å². The molecule has 150 valence electrons. The van der Waals surface area contributed by atoms with Crippen LogP contribution in [-0.2, 0) is 17.4 Å². The number of anilines is 1. The van der Waals surface area contributed by atoms with Crippen LogP contribution in [0.4, 0.5) is 18.9 Å². The van der Waals surface area contributed by atoms with E-state index < -0.39 is 11.7 Å². The zero-order valence-corrected chi connectivity index (χ0v) is 16.0. The van der Waals surface area contributed by atoms with Gasteiger partial charge in [-0.1, -0.05) is 36.0 Å². The summed E-state index contributed by atoms with van der Waals surface area (Å²) in [5.41, 5.74) is 1.43. The highest BCUT2D eigenvalue weighted by Crippen LogP contribution is 2.31. The number of benzene rings is 2. The van der Waals surface area contributed by atoms with Crippen LogP contribution in [0.25, 0.3) is 5.69 Å². The second kappa shape index (κ2) is 7.86. The summed E-state index contributed by atoms with van der Waals surface area (Å²) >= 11 is 1.09. The number of para-hydroxylation sites is 1. The quantitative estimate of drug-likeness (QED) is 0.603. The lowest BCUT2D eigenvalue weighted by Crippen LogP contribution is -2.36. The van der Waals surface area contributed by atoms with Gasteiger partial charge in [0.1, 0.15) is 0 Å². The summed E-state index contributed by atoms with van der Waals surface area (Å²) in [5, 5.41) is 11.4. The molecule has 0 unspecified atom stereocenters. The van der Waals surface area contributed by atoms with Crippen LogP contribution in [0.3, 0.4) is 0 Å². The van der Waals surface area contributed by atoms with Gasteiger partial charge in [0.2, 0.25) is 11.1 Å². The van der Waals surface area contributed by atoms with E-state index in [2.05, 4.69) is 15.5 Å². The number of carbonyl (C=O) groups is 1. The Kier molecular flexibility index (Phi) is 5.27. The molecule has 2 aromatic carbocycles. The number of hydrogen-bond donors (Lipinski definition) is 0. The van der Waals surface area contributed by atoms with Crippen molar-refractivity contribution in [3.05, 3.63) is 59.7 Å². The number of rotatable bonds is 4. The molecule has 0 bridgehead atoms. The molecular weight excluding hydrogens is 403 g/mol. The van der Waals surface area contributed by atoms with Crippen LogP contribution < -0.4 is 4.90 Å². The van der Waals surface area contributed by atoms with E-state index in [4.69, 9.17) is 0 Å². The van der Waals surface area contributed by atoms with Crippen molar-refractivity contribution in [3.63, 3.8) is 0 Å². The summed E-state index contributed by atoms with van der Waals surface area (Å²) in [7, 11) is 0. The molecule has 0 saturated carbocycles. The highest BCUT2D eigenvalue weighted by Gasteiger charge is 2.31. The highest BCUT2D eigenvalue weighted by molar-refractivity contribution is 7.99. The molecule has 6 nitrogen and oxygen atoms in total. The Morgan fingerprint density at radius 1 is 1.14 bits per heavy atom. The van der Waals surface area contributed by atoms with Crippen molar-refractivity contribution in [2.45, 2.75) is 24.2 Å². The molecule has 0 spiro atoms. The van der Waals surface area contributed by atoms with Gasteiger partial charge in [-0.15, -0.1) is 5.10 Å². The van der Waals surface area contributed by atoms with E-state index in [1.165, 1.54) is 16.8 Å². The maximum absolute atomic E-state index is 13.0. The van der Waals surface area contributed by atoms with Gasteiger partial charge >= 0.3 is 6.18 Å². The molecule has 0 fully saturated rings. The molecule has 0 N–H and O–H groups in total. The Hall–Kier alpha value is -2.88. The lowest BCUT2D eigenvalue weighted by molar-refractivity contribution is -0.137. The molecule has 1 aliphatic heterocycles. The molecule has 0 saturated heterocycles. The van der Waals surface area contributed by atoms with Crippen molar-refractivity contribution in [2.75, 3.05) is 17.2 Å². The average molecular weight is 419 g/mol. The van der Waals surface area contributed by atoms with E-state index in [1.807, 2.05) is 24.3 Å². The van der Waals surface area contributed by atoms with Crippen molar-refractivity contribution >= 4 is 23.4 Å². The van der Waals surface area contributed by atoms with Gasteiger partial charge in [-0.3, -0.25) is 4.79 Å². The van der Waals surface area contributed by atoms with Gasteiger partial charge in [-0.05, 0) is 53.1 Å². The van der Waals surface area contributed by atoms with Gasteiger partial charge in [-0.25, -0.2) is 0 Å². The normalized spacial score (nSPS) is 14.0. The van der Waals surface area contributed by atoms with Crippen LogP contribution in [0.2, 0.25) is 0 Å². The molecule has 0 radical (unpaired) electrons. The number of carbonyl (C=O) groups excluding carboxylic acids is 1. The minimum atomic E-state index is -4.46. The Balaban J connectivity index is 1.50. The van der Waals surface area contributed by atoms with Crippen LogP contribution in [0.5, 0.6) is 0 Å². The number of halogens is 3. The summed E-state index contributed by atoms with van der Waals surface area (Å²) in [4.78, 5) is 14.5. The van der Waals surface area contributed by atoms with Crippen LogP contribution in [0.15, 0.2) is 53.7 Å². The molecule has 0 aliphatic carbocycles. The lowest BCUT2D eigenvalue weighted by atomic mass is 10.0. The molecule has 1 aliphatic rings. The predicted molar refractivity (Wildman–Crippen MR) is 102 cm³/mol. The number of fused-ring (bicyclic) bond motifs is 1. The van der Waals surface area contributed by atoms with E-state index in [0.717, 1.165) is 48.0 Å². The fraction of sp³-hybridized carbons (Fsp3) is 0.263. The van der Waals surface area contributed by atoms with Crippen molar-refractivity contribution in [3.8, 4) is 5.69 Å². The van der Waals surface area contributed by atoms with Gasteiger partial charge in [-0.2, -0.15) is 17.9 Å². The minimum absolute atomic E-state index is 0.0771. The molecule has 29 heavy (non-hydrogen) atoms. The molecule has 3 aromatic rings. The summed E-state index contributed by atoms with van der Waals surface area (Å²) in [5.74, 6) is -0.0195. The monoisotopic (exact) mass is 419 g/mol. The van der Waals surface area contributed by atoms with Gasteiger partial charge in [0.25, 0.3) is 0 Å². The number of nitrogens with zero attached hydrogens (tertiary/aromatic N) is 5. The predicted octanol–water partition coefficient (Wildman–Crippen LogP) is 3.75. The summed E-state index contributed by atoms with van der Waals surface area (Å²) < 4.78 is 40.1. The van der Waals surface area contributed by atoms with E-state index in [-0.39, 0.29) is 22.5 Å². The SMILES string of the molecule is O=C(CSc1nnnn1-c1cccc(C(F)(F)F)c1)N1CCCc2ccccc21. The van der Waals surface area contributed by atoms with Gasteiger partial charge in [0.15, 0.2) is 0 Å². The molecule has 0 atom stereocenters. The smallest absolute Gasteiger partial charge is 0.311 e. The first-order valence-electron chi connectivity index (χ1n) is 8.90. The second-order valence-electron chi connectivity index (χ2n) is 6.49. The van der Waals surface area contributed by atoms with Crippen LogP contribution in [0, 0.1) is 0 Å². The Bertz CT molecular complexity index is 1040. The molecule has 1 aromatic heterocycles. The number of aromatic nitrogens is 4. The molecule has 4 rings (SSSR count). The maximum Gasteiger partial charge on any atom is 0.416 e. The first-order chi connectivity index (χ1) is 13.9. The Labute approximate surface area is 168 Å². The van der Waals surface area contributed by atoms with Gasteiger partial charge in [0.05, 0.1) is 17.0 Å². The van der Waals surface area contributed by atoms with Crippen LogP contribution in [0.1, 0.15) is 17.5 Å². The number of tetrazole rings is 1. The van der Waals surface area contributed by atoms with Crippen LogP contribution in [-0.4, -0.2) is 38.4 Å². The Morgan fingerprint density at radius 3 is 2.79 bits per heavy atom. The Morgan fingerprint density at radius 2 is 1.97 bits per heavy atom. The summed E-state index contributed by atoms with van der Waals surface area (Å²) in [6.07, 6.45) is -2.65. The number of alkyl halides is 3. The third kappa shape index (κ3) is 4.12. The van der Waals surface area contributed by atoms with Gasteiger partial charge in [0, 0.05) is 12.2 Å². The molecular formula is C19H16F3N5OS. The maximum atomic E-state index is 13.0. The van der Waals surface area contributed by atoms with Crippen molar-refractivity contribution in [1.29, 1.82) is 0 Å². The second-order valence-corrected chi connectivity index (χ2v) is 7.43. The fourth-order valence-electron chi connectivity index (χ4n) is 3.24. The van der Waals surface area contributed by atoms with Crippen molar-refractivity contribution in [2.24, 2.45) is 0 Å². The third-order valence-electron chi connectivity index (χ3n) is 4.59. The summed E-state index contributed by atoms with van der Waals surface area (Å²) in [6.45, 7) is 0.634. The fourth-order valence-corrected chi connectivity index (χ4v) is 4.01. The van der Waals surface area contributed by atoms with E-state index in [9.17, 15) is 18.0 Å². The topological polar surface area (TPSA) is 63.9 Å². The highest BCUT2D eigenvalue weighted by atomic mass is 32.2. The van der Waals surface area contributed by atoms with E-state index >= 15 is 0 Å². The first-order valence-corrected chi connectivity index (χ1v) is 9.89. The van der Waals surface area contributed by atoms with E-state index in [0.29, 0.717) is 6.54 Å². The van der Waals surface area contributed by atoms with Gasteiger partial charge < -0.3 is 4.90 Å². The molecule has 1 amide bonds. The number of hydrogen-bond acceptors (Lipinski definition) is 5. The molecule has 10 heteroatoms. The summed E-state index contributed by atoms with van der Waals surface area (Å²) in [6, 6.07) is 12.5. The first kappa shape index (κ1) is 19.4. The average Bonchev–Trinajstić information content (AvgIpc) is 3.20. The number of amides is 1. The number of thioether (sulfide) groups is 1. The standard InChI is InChI=1S/C19H16F3N5OS/c20-19(21,22)14-7-3-8-15(11-14)27-18(23-24-25-27)29-12-17(28)26-10-4-6-13-5-1-2-9-16(13)26/h1-3,5,7-9,11H,4,6,10,12H2. The number of aryl methyl sites for hydroxylation is 1. The van der Waals surface area contributed by atoms with Crippen LogP contribution >= 0.6 is 11.8 Å². The minimum Gasteiger partial charge on any atom is -0.311 e.